The molecule has 0 aromatic heterocycles. The molecule has 0 aliphatic rings. The van der Waals surface area contributed by atoms with Gasteiger partial charge in [0.25, 0.3) is 10.0 Å². The molecule has 0 fully saturated rings. The van der Waals surface area contributed by atoms with Crippen molar-refractivity contribution in [2.45, 2.75) is 58.0 Å². The molecule has 3 aromatic rings. The molecule has 38 heavy (non-hydrogen) atoms. The molecule has 7 nitrogen and oxygen atoms in total. The first-order valence-electron chi connectivity index (χ1n) is 12.7. The third kappa shape index (κ3) is 6.61. The molecule has 0 saturated carbocycles. The molecule has 3 rings (SSSR count). The number of nitrogens with one attached hydrogen (secondary N) is 1. The fraction of sp³-hybridized carbons (Fsp3) is 0.333. The Balaban J connectivity index is 2.05. The van der Waals surface area contributed by atoms with Crippen LogP contribution in [0.3, 0.4) is 0 Å². The van der Waals surface area contributed by atoms with Crippen LogP contribution >= 0.6 is 0 Å². The lowest BCUT2D eigenvalue weighted by molar-refractivity contribution is -0.139. The highest BCUT2D eigenvalue weighted by atomic mass is 32.2. The molecule has 2 amide bonds. The SMILES string of the molecule is CNC(=O)[C@@H](C)N(Cc1ccccc1C)C(=O)CN(c1ccc(C(C)C)cc1)S(=O)(=O)c1ccc(C)cc1. The summed E-state index contributed by atoms with van der Waals surface area (Å²) < 4.78 is 28.9. The summed E-state index contributed by atoms with van der Waals surface area (Å²) in [5.41, 5.74) is 4.22. The summed E-state index contributed by atoms with van der Waals surface area (Å²) in [6, 6.07) is 20.6. The zero-order valence-electron chi connectivity index (χ0n) is 22.9. The summed E-state index contributed by atoms with van der Waals surface area (Å²) in [7, 11) is -2.57. The molecule has 1 N–H and O–H groups in total. The van der Waals surface area contributed by atoms with Crippen LogP contribution in [0.15, 0.2) is 77.7 Å². The number of carbonyl (C=O) groups excluding carboxylic acids is 2. The van der Waals surface area contributed by atoms with Crippen molar-refractivity contribution in [3.63, 3.8) is 0 Å². The van der Waals surface area contributed by atoms with E-state index in [-0.39, 0.29) is 23.3 Å². The molecule has 0 aliphatic heterocycles. The monoisotopic (exact) mass is 535 g/mol. The minimum Gasteiger partial charge on any atom is -0.357 e. The number of aryl methyl sites for hydroxylation is 2. The fourth-order valence-electron chi connectivity index (χ4n) is 4.15. The maximum Gasteiger partial charge on any atom is 0.264 e. The first-order valence-corrected chi connectivity index (χ1v) is 14.1. The molecule has 3 aromatic carbocycles. The van der Waals surface area contributed by atoms with Gasteiger partial charge in [-0.2, -0.15) is 0 Å². The molecule has 0 saturated heterocycles. The number of hydrogen-bond donors (Lipinski definition) is 1. The number of benzene rings is 3. The van der Waals surface area contributed by atoms with E-state index in [1.54, 1.807) is 43.3 Å². The van der Waals surface area contributed by atoms with Crippen molar-refractivity contribution in [2.75, 3.05) is 17.9 Å². The number of hydrogen-bond acceptors (Lipinski definition) is 4. The number of likely N-dealkylation sites (N-methyl/N-ethyl adjacent to an activating group) is 1. The first kappa shape index (κ1) is 28.9. The van der Waals surface area contributed by atoms with Crippen molar-refractivity contribution in [3.05, 3.63) is 95.1 Å². The maximum atomic E-state index is 13.9. The van der Waals surface area contributed by atoms with Gasteiger partial charge in [-0.1, -0.05) is 67.9 Å². The highest BCUT2D eigenvalue weighted by Crippen LogP contribution is 2.27. The average molecular weight is 536 g/mol. The van der Waals surface area contributed by atoms with Crippen LogP contribution in [0.2, 0.25) is 0 Å². The third-order valence-electron chi connectivity index (χ3n) is 6.75. The van der Waals surface area contributed by atoms with E-state index in [4.69, 9.17) is 0 Å². The van der Waals surface area contributed by atoms with Gasteiger partial charge in [0.05, 0.1) is 10.6 Å². The summed E-state index contributed by atoms with van der Waals surface area (Å²) in [6.07, 6.45) is 0. The van der Waals surface area contributed by atoms with E-state index in [0.29, 0.717) is 5.69 Å². The van der Waals surface area contributed by atoms with Crippen LogP contribution in [-0.2, 0) is 26.2 Å². The Labute approximate surface area is 226 Å². The van der Waals surface area contributed by atoms with Crippen LogP contribution in [0.4, 0.5) is 5.69 Å². The van der Waals surface area contributed by atoms with E-state index in [0.717, 1.165) is 26.6 Å². The predicted octanol–water partition coefficient (Wildman–Crippen LogP) is 4.79. The normalized spacial score (nSPS) is 12.2. The second-order valence-corrected chi connectivity index (χ2v) is 11.7. The van der Waals surface area contributed by atoms with Gasteiger partial charge in [-0.05, 0) is 67.6 Å². The van der Waals surface area contributed by atoms with Gasteiger partial charge in [0.15, 0.2) is 0 Å². The minimum absolute atomic E-state index is 0.0913. The number of sulfonamides is 1. The van der Waals surface area contributed by atoms with E-state index < -0.39 is 28.5 Å². The van der Waals surface area contributed by atoms with Crippen molar-refractivity contribution >= 4 is 27.5 Å². The number of carbonyl (C=O) groups is 2. The summed E-state index contributed by atoms with van der Waals surface area (Å²) in [5, 5.41) is 2.60. The second-order valence-electron chi connectivity index (χ2n) is 9.81. The molecule has 202 valence electrons. The van der Waals surface area contributed by atoms with Crippen molar-refractivity contribution in [2.24, 2.45) is 0 Å². The molecular weight excluding hydrogens is 498 g/mol. The molecule has 0 heterocycles. The number of anilines is 1. The summed E-state index contributed by atoms with van der Waals surface area (Å²) >= 11 is 0. The standard InChI is InChI=1S/C30H37N3O4S/c1-21(2)25-13-15-27(16-14-25)33(38(36,37)28-17-11-22(3)12-18-28)20-29(34)32(24(5)30(35)31-6)19-26-10-8-7-9-23(26)4/h7-18,21,24H,19-20H2,1-6H3,(H,31,35)/t24-/m1/s1. The van der Waals surface area contributed by atoms with E-state index in [9.17, 15) is 18.0 Å². The Kier molecular flexibility index (Phi) is 9.33. The second kappa shape index (κ2) is 12.3. The van der Waals surface area contributed by atoms with E-state index in [1.807, 2.05) is 50.2 Å². The highest BCUT2D eigenvalue weighted by molar-refractivity contribution is 7.92. The summed E-state index contributed by atoms with van der Waals surface area (Å²) in [5.74, 6) is -0.542. The molecule has 0 unspecified atom stereocenters. The number of nitrogens with zero attached hydrogens (tertiary/aromatic N) is 2. The van der Waals surface area contributed by atoms with Gasteiger partial charge in [-0.3, -0.25) is 13.9 Å². The molecule has 8 heteroatoms. The van der Waals surface area contributed by atoms with Crippen molar-refractivity contribution in [1.82, 2.24) is 10.2 Å². The Hall–Kier alpha value is -3.65. The van der Waals surface area contributed by atoms with Gasteiger partial charge >= 0.3 is 0 Å². The molecular formula is C30H37N3O4S. The Morgan fingerprint density at radius 3 is 2.03 bits per heavy atom. The lowest BCUT2D eigenvalue weighted by Crippen LogP contribution is -2.50. The molecule has 0 radical (unpaired) electrons. The van der Waals surface area contributed by atoms with Gasteiger partial charge in [0.1, 0.15) is 12.6 Å². The van der Waals surface area contributed by atoms with Crippen LogP contribution in [0, 0.1) is 13.8 Å². The minimum atomic E-state index is -4.08. The fourth-order valence-corrected chi connectivity index (χ4v) is 5.57. The predicted molar refractivity (Wildman–Crippen MR) is 151 cm³/mol. The lowest BCUT2D eigenvalue weighted by Gasteiger charge is -2.32. The highest BCUT2D eigenvalue weighted by Gasteiger charge is 2.32. The Morgan fingerprint density at radius 2 is 1.47 bits per heavy atom. The van der Waals surface area contributed by atoms with Gasteiger partial charge in [0, 0.05) is 13.6 Å². The van der Waals surface area contributed by atoms with E-state index in [2.05, 4.69) is 19.2 Å². The number of rotatable bonds is 10. The smallest absolute Gasteiger partial charge is 0.264 e. The zero-order valence-corrected chi connectivity index (χ0v) is 23.7. The van der Waals surface area contributed by atoms with Crippen LogP contribution in [-0.4, -0.2) is 44.8 Å². The maximum absolute atomic E-state index is 13.9. The zero-order chi connectivity index (χ0) is 28.0. The average Bonchev–Trinajstić information content (AvgIpc) is 2.90. The van der Waals surface area contributed by atoms with Crippen LogP contribution in [0.1, 0.15) is 48.9 Å². The van der Waals surface area contributed by atoms with Crippen molar-refractivity contribution < 1.29 is 18.0 Å². The van der Waals surface area contributed by atoms with Crippen LogP contribution in [0.5, 0.6) is 0 Å². The van der Waals surface area contributed by atoms with Gasteiger partial charge < -0.3 is 10.2 Å². The third-order valence-corrected chi connectivity index (χ3v) is 8.54. The van der Waals surface area contributed by atoms with Crippen LogP contribution < -0.4 is 9.62 Å². The van der Waals surface area contributed by atoms with Crippen molar-refractivity contribution in [1.29, 1.82) is 0 Å². The Bertz CT molecular complexity index is 1370. The first-order chi connectivity index (χ1) is 17.9. The molecule has 0 spiro atoms. The molecule has 1 atom stereocenters. The van der Waals surface area contributed by atoms with Gasteiger partial charge in [-0.25, -0.2) is 8.42 Å². The van der Waals surface area contributed by atoms with E-state index >= 15 is 0 Å². The van der Waals surface area contributed by atoms with Crippen LogP contribution in [0.25, 0.3) is 0 Å². The van der Waals surface area contributed by atoms with E-state index in [1.165, 1.54) is 11.9 Å². The van der Waals surface area contributed by atoms with Crippen molar-refractivity contribution in [3.8, 4) is 0 Å². The van der Waals surface area contributed by atoms with Gasteiger partial charge in [0.2, 0.25) is 11.8 Å². The lowest BCUT2D eigenvalue weighted by atomic mass is 10.0. The van der Waals surface area contributed by atoms with Gasteiger partial charge in [-0.15, -0.1) is 0 Å². The quantitative estimate of drug-likeness (QED) is 0.405. The topological polar surface area (TPSA) is 86.8 Å². The molecule has 0 aliphatic carbocycles. The summed E-state index contributed by atoms with van der Waals surface area (Å²) in [4.78, 5) is 28.0. The summed E-state index contributed by atoms with van der Waals surface area (Å²) in [6.45, 7) is 9.30. The largest absolute Gasteiger partial charge is 0.357 e. The number of amides is 2. The molecule has 0 bridgehead atoms. The Morgan fingerprint density at radius 1 is 0.868 bits per heavy atom.